The predicted octanol–water partition coefficient (Wildman–Crippen LogP) is 5.42. The summed E-state index contributed by atoms with van der Waals surface area (Å²) in [6, 6.07) is 15.8. The maximum absolute atomic E-state index is 11.5. The predicted molar refractivity (Wildman–Crippen MR) is 136 cm³/mol. The Bertz CT molecular complexity index is 950. The van der Waals surface area contributed by atoms with Crippen LogP contribution in [0.1, 0.15) is 51.7 Å². The van der Waals surface area contributed by atoms with Crippen LogP contribution in [0, 0.1) is 0 Å². The van der Waals surface area contributed by atoms with E-state index >= 15 is 0 Å². The molecule has 0 aliphatic rings. The zero-order valence-electron chi connectivity index (χ0n) is 21.2. The Kier molecular flexibility index (Phi) is 11.1. The lowest BCUT2D eigenvalue weighted by atomic mass is 9.78. The third kappa shape index (κ3) is 9.35. The molecule has 0 aliphatic carbocycles. The van der Waals surface area contributed by atoms with Crippen molar-refractivity contribution in [2.75, 3.05) is 33.0 Å². The molecular weight excluding hydrogens is 446 g/mol. The monoisotopic (exact) mass is 483 g/mol. The first-order valence-electron chi connectivity index (χ1n) is 11.9. The number of amides is 1. The first-order chi connectivity index (χ1) is 16.7. The molecule has 0 spiro atoms. The van der Waals surface area contributed by atoms with E-state index in [1.807, 2.05) is 48.5 Å². The molecule has 7 nitrogen and oxygen atoms in total. The van der Waals surface area contributed by atoms with Crippen LogP contribution in [0.4, 0.5) is 4.79 Å². The van der Waals surface area contributed by atoms with Crippen LogP contribution in [0.15, 0.2) is 60.7 Å². The third-order valence-corrected chi connectivity index (χ3v) is 5.47. The fourth-order valence-electron chi connectivity index (χ4n) is 3.23. The van der Waals surface area contributed by atoms with Gasteiger partial charge in [0.2, 0.25) is 0 Å². The van der Waals surface area contributed by atoms with Crippen molar-refractivity contribution < 1.29 is 28.5 Å². The van der Waals surface area contributed by atoms with Gasteiger partial charge in [0, 0.05) is 17.5 Å². The molecule has 2 aromatic carbocycles. The van der Waals surface area contributed by atoms with Crippen LogP contribution in [0.25, 0.3) is 0 Å². The lowest BCUT2D eigenvalue weighted by Gasteiger charge is -2.26. The molecule has 0 aliphatic heterocycles. The maximum atomic E-state index is 11.5. The number of nitrogens with one attached hydrogen (secondary N) is 1. The minimum Gasteiger partial charge on any atom is -0.490 e. The van der Waals surface area contributed by atoms with Gasteiger partial charge in [0.25, 0.3) is 0 Å². The van der Waals surface area contributed by atoms with Crippen molar-refractivity contribution in [1.82, 2.24) is 5.32 Å². The van der Waals surface area contributed by atoms with Crippen molar-refractivity contribution in [2.24, 2.45) is 0 Å². The number of unbranched alkanes of at least 4 members (excludes halogenated alkanes) is 1. The zero-order chi connectivity index (χ0) is 25.7. The smallest absolute Gasteiger partial charge is 0.407 e. The summed E-state index contributed by atoms with van der Waals surface area (Å²) in [6.45, 7) is 13.1. The van der Waals surface area contributed by atoms with E-state index in [1.165, 1.54) is 0 Å². The van der Waals surface area contributed by atoms with Gasteiger partial charge in [0.05, 0.1) is 0 Å². The summed E-state index contributed by atoms with van der Waals surface area (Å²) in [4.78, 5) is 22.9. The molecule has 1 amide bonds. The molecule has 0 radical (unpaired) electrons. The van der Waals surface area contributed by atoms with Gasteiger partial charge in [-0.2, -0.15) is 0 Å². The van der Waals surface area contributed by atoms with E-state index in [4.69, 9.17) is 18.9 Å². The number of esters is 1. The normalized spacial score (nSPS) is 10.9. The Morgan fingerprint density at radius 1 is 0.829 bits per heavy atom. The van der Waals surface area contributed by atoms with E-state index in [-0.39, 0.29) is 31.8 Å². The second-order valence-corrected chi connectivity index (χ2v) is 8.70. The molecule has 0 saturated carbocycles. The highest BCUT2D eigenvalue weighted by atomic mass is 16.6. The largest absolute Gasteiger partial charge is 0.490 e. The summed E-state index contributed by atoms with van der Waals surface area (Å²) in [5.74, 6) is 1.01. The summed E-state index contributed by atoms with van der Waals surface area (Å²) in [5, 5.41) is 2.70. The Hall–Kier alpha value is -3.48. The van der Waals surface area contributed by atoms with Gasteiger partial charge in [-0.1, -0.05) is 58.0 Å². The average molecular weight is 484 g/mol. The van der Waals surface area contributed by atoms with Gasteiger partial charge < -0.3 is 24.3 Å². The average Bonchev–Trinajstić information content (AvgIpc) is 2.85. The van der Waals surface area contributed by atoms with Gasteiger partial charge in [-0.15, -0.1) is 0 Å². The van der Waals surface area contributed by atoms with Crippen molar-refractivity contribution in [2.45, 2.75) is 46.0 Å². The quantitative estimate of drug-likeness (QED) is 0.220. The molecule has 0 bridgehead atoms. The molecule has 1 N–H and O–H groups in total. The Morgan fingerprint density at radius 2 is 1.31 bits per heavy atom. The lowest BCUT2D eigenvalue weighted by Crippen LogP contribution is -2.26. The molecule has 190 valence electrons. The number of carbonyl (C=O) groups is 2. The molecule has 0 atom stereocenters. The van der Waals surface area contributed by atoms with Crippen molar-refractivity contribution in [3.05, 3.63) is 71.8 Å². The van der Waals surface area contributed by atoms with Crippen LogP contribution >= 0.6 is 0 Å². The summed E-state index contributed by atoms with van der Waals surface area (Å²) >= 11 is 0. The van der Waals surface area contributed by atoms with Crippen LogP contribution in [-0.2, 0) is 19.7 Å². The number of ether oxygens (including phenoxy) is 4. The van der Waals surface area contributed by atoms with Crippen LogP contribution in [0.3, 0.4) is 0 Å². The minimum atomic E-state index is -0.416. The molecular formula is C28H37NO6. The van der Waals surface area contributed by atoms with Gasteiger partial charge in [-0.25, -0.2) is 9.59 Å². The van der Waals surface area contributed by atoms with E-state index in [2.05, 4.69) is 32.7 Å². The molecule has 2 rings (SSSR count). The van der Waals surface area contributed by atoms with Crippen LogP contribution in [-0.4, -0.2) is 45.0 Å². The summed E-state index contributed by atoms with van der Waals surface area (Å²) in [7, 11) is 0. The molecule has 0 aromatic heterocycles. The summed E-state index contributed by atoms with van der Waals surface area (Å²) in [6.07, 6.45) is 1.54. The van der Waals surface area contributed by atoms with Crippen LogP contribution in [0.5, 0.6) is 11.5 Å². The topological polar surface area (TPSA) is 83.1 Å². The molecule has 0 fully saturated rings. The number of rotatable bonds is 14. The highest BCUT2D eigenvalue weighted by Gasteiger charge is 2.23. The second-order valence-electron chi connectivity index (χ2n) is 8.70. The minimum absolute atomic E-state index is 0.172. The van der Waals surface area contributed by atoms with Crippen molar-refractivity contribution in [3.63, 3.8) is 0 Å². The molecule has 0 heterocycles. The fourth-order valence-corrected chi connectivity index (χ4v) is 3.23. The SMILES string of the molecule is C=C(C)C(=O)OCCOc1ccc(C(C)(C)c2ccc(OCCOC(=O)NCCCC)cc2)cc1. The molecule has 0 unspecified atom stereocenters. The number of carbonyl (C=O) groups excluding carboxylic acids is 2. The van der Waals surface area contributed by atoms with E-state index in [0.29, 0.717) is 17.9 Å². The zero-order valence-corrected chi connectivity index (χ0v) is 21.2. The number of alkyl carbamates (subject to hydrolysis) is 1. The van der Waals surface area contributed by atoms with Crippen molar-refractivity contribution >= 4 is 12.1 Å². The van der Waals surface area contributed by atoms with E-state index < -0.39 is 12.1 Å². The molecule has 2 aromatic rings. The van der Waals surface area contributed by atoms with Crippen LogP contribution < -0.4 is 14.8 Å². The van der Waals surface area contributed by atoms with E-state index in [0.717, 1.165) is 29.7 Å². The highest BCUT2D eigenvalue weighted by molar-refractivity contribution is 5.86. The Labute approximate surface area is 208 Å². The fraction of sp³-hybridized carbons (Fsp3) is 0.429. The van der Waals surface area contributed by atoms with Crippen molar-refractivity contribution in [3.8, 4) is 11.5 Å². The number of hydrogen-bond acceptors (Lipinski definition) is 6. The second kappa shape index (κ2) is 14.0. The van der Waals surface area contributed by atoms with E-state index in [1.54, 1.807) is 6.92 Å². The Balaban J connectivity index is 1.81. The van der Waals surface area contributed by atoms with Gasteiger partial charge in [0.15, 0.2) is 0 Å². The van der Waals surface area contributed by atoms with Crippen molar-refractivity contribution in [1.29, 1.82) is 0 Å². The number of hydrogen-bond donors (Lipinski definition) is 1. The Morgan fingerprint density at radius 3 is 1.77 bits per heavy atom. The first kappa shape index (κ1) is 27.8. The maximum Gasteiger partial charge on any atom is 0.407 e. The number of benzene rings is 2. The summed E-state index contributed by atoms with van der Waals surface area (Å²) < 4.78 is 21.5. The molecule has 7 heteroatoms. The van der Waals surface area contributed by atoms with Gasteiger partial charge in [-0.3, -0.25) is 0 Å². The summed E-state index contributed by atoms with van der Waals surface area (Å²) in [5.41, 5.74) is 2.41. The first-order valence-corrected chi connectivity index (χ1v) is 11.9. The highest BCUT2D eigenvalue weighted by Crippen LogP contribution is 2.33. The van der Waals surface area contributed by atoms with Gasteiger partial charge in [-0.05, 0) is 48.7 Å². The molecule has 35 heavy (non-hydrogen) atoms. The van der Waals surface area contributed by atoms with Gasteiger partial charge in [0.1, 0.15) is 37.9 Å². The third-order valence-electron chi connectivity index (χ3n) is 5.47. The molecule has 0 saturated heterocycles. The standard InChI is InChI=1S/C28H37NO6/c1-6-7-16-29-27(31)35-20-18-33-25-14-10-23(11-15-25)28(4,5)22-8-12-24(13-9-22)32-17-19-34-26(30)21(2)3/h8-15H,2,6-7,16-20H2,1,3-5H3,(H,29,31). The van der Waals surface area contributed by atoms with Gasteiger partial charge >= 0.3 is 12.1 Å². The van der Waals surface area contributed by atoms with E-state index in [9.17, 15) is 9.59 Å². The van der Waals surface area contributed by atoms with Crippen LogP contribution in [0.2, 0.25) is 0 Å². The lowest BCUT2D eigenvalue weighted by molar-refractivity contribution is -0.139.